The predicted octanol–water partition coefficient (Wildman–Crippen LogP) is 2.89. The third-order valence-corrected chi connectivity index (χ3v) is 5.36. The molecule has 0 bridgehead atoms. The van der Waals surface area contributed by atoms with Crippen LogP contribution >= 0.6 is 0 Å². The molecule has 2 aromatic rings. The molecule has 3 atom stereocenters. The molecular weight excluding hydrogens is 361 g/mol. The lowest BCUT2D eigenvalue weighted by atomic mass is 9.77. The van der Waals surface area contributed by atoms with Gasteiger partial charge in [-0.25, -0.2) is 0 Å². The molecule has 148 valence electrons. The molecule has 1 aromatic heterocycles. The molecule has 1 N–H and O–H groups in total. The fourth-order valence-corrected chi connectivity index (χ4v) is 3.77. The van der Waals surface area contributed by atoms with Crippen molar-refractivity contribution in [1.82, 2.24) is 19.9 Å². The van der Waals surface area contributed by atoms with Crippen molar-refractivity contribution in [2.24, 2.45) is 7.05 Å². The molecule has 6 nitrogen and oxygen atoms in total. The van der Waals surface area contributed by atoms with Gasteiger partial charge in [-0.15, -0.1) is 5.10 Å². The monoisotopic (exact) mass is 384 g/mol. The number of alkyl halides is 3. The maximum atomic E-state index is 13.1. The highest BCUT2D eigenvalue weighted by Gasteiger charge is 2.44. The van der Waals surface area contributed by atoms with Crippen LogP contribution < -0.4 is 4.74 Å². The molecule has 1 aliphatic heterocycles. The van der Waals surface area contributed by atoms with E-state index in [1.54, 1.807) is 17.9 Å². The van der Waals surface area contributed by atoms with Crippen molar-refractivity contribution in [3.63, 3.8) is 0 Å². The van der Waals surface area contributed by atoms with Gasteiger partial charge in [0, 0.05) is 25.7 Å². The number of hydrogen-bond acceptors (Lipinski definition) is 5. The molecule has 1 fully saturated rings. The van der Waals surface area contributed by atoms with E-state index in [9.17, 15) is 18.3 Å². The second-order valence-corrected chi connectivity index (χ2v) is 7.20. The summed E-state index contributed by atoms with van der Waals surface area (Å²) >= 11 is 0. The number of piperidine rings is 1. The van der Waals surface area contributed by atoms with Crippen molar-refractivity contribution < 1.29 is 23.0 Å². The largest absolute Gasteiger partial charge is 0.496 e. The van der Waals surface area contributed by atoms with Crippen LogP contribution in [0.15, 0.2) is 24.4 Å². The van der Waals surface area contributed by atoms with Gasteiger partial charge in [-0.1, -0.05) is 11.3 Å². The zero-order valence-electron chi connectivity index (χ0n) is 15.7. The molecule has 1 saturated heterocycles. The highest BCUT2D eigenvalue weighted by Crippen LogP contribution is 2.46. The summed E-state index contributed by atoms with van der Waals surface area (Å²) in [4.78, 5) is 2.10. The number of hydrogen-bond donors (Lipinski definition) is 1. The van der Waals surface area contributed by atoms with Gasteiger partial charge >= 0.3 is 6.18 Å². The first-order valence-electron chi connectivity index (χ1n) is 8.61. The highest BCUT2D eigenvalue weighted by molar-refractivity contribution is 5.42. The Balaban J connectivity index is 1.99. The van der Waals surface area contributed by atoms with E-state index in [0.717, 1.165) is 6.07 Å². The van der Waals surface area contributed by atoms with Gasteiger partial charge in [-0.05, 0) is 38.1 Å². The van der Waals surface area contributed by atoms with E-state index in [1.165, 1.54) is 19.2 Å². The lowest BCUT2D eigenvalue weighted by Crippen LogP contribution is -2.47. The van der Waals surface area contributed by atoms with Gasteiger partial charge in [0.25, 0.3) is 0 Å². The number of nitrogens with zero attached hydrogens (tertiary/aromatic N) is 4. The second kappa shape index (κ2) is 6.79. The zero-order chi connectivity index (χ0) is 20.0. The van der Waals surface area contributed by atoms with Gasteiger partial charge in [0.15, 0.2) is 0 Å². The van der Waals surface area contributed by atoms with Crippen molar-refractivity contribution in [2.75, 3.05) is 14.2 Å². The molecule has 0 unspecified atom stereocenters. The Labute approximate surface area is 155 Å². The van der Waals surface area contributed by atoms with E-state index >= 15 is 0 Å². The van der Waals surface area contributed by atoms with E-state index < -0.39 is 17.3 Å². The van der Waals surface area contributed by atoms with E-state index in [-0.39, 0.29) is 17.8 Å². The first kappa shape index (κ1) is 19.6. The maximum absolute atomic E-state index is 13.1. The van der Waals surface area contributed by atoms with Crippen LogP contribution in [0.4, 0.5) is 13.2 Å². The Bertz CT molecular complexity index is 823. The SMILES string of the molecule is COc1cc([C@]2(O)C[C@H](C)N(C)[C@H](c3cn(C)nn3)C2)ccc1C(F)(F)F. The molecule has 1 aromatic carbocycles. The minimum absolute atomic E-state index is 0.0101. The number of benzene rings is 1. The number of aryl methyl sites for hydroxylation is 1. The van der Waals surface area contributed by atoms with Crippen LogP contribution in [0.2, 0.25) is 0 Å². The van der Waals surface area contributed by atoms with Crippen molar-refractivity contribution in [1.29, 1.82) is 0 Å². The number of aromatic nitrogens is 3. The minimum atomic E-state index is -4.52. The summed E-state index contributed by atoms with van der Waals surface area (Å²) in [6.45, 7) is 1.97. The molecular formula is C18H23F3N4O2. The third-order valence-electron chi connectivity index (χ3n) is 5.36. The van der Waals surface area contributed by atoms with E-state index in [2.05, 4.69) is 15.2 Å². The standard InChI is InChI=1S/C18H23F3N4O2/c1-11-8-17(26,9-15(25(11)3)14-10-24(2)23-22-14)12-5-6-13(18(19,20)21)16(7-12)27-4/h5-7,10-11,15,26H,8-9H2,1-4H3/t11-,15-,17-/m0/s1. The fourth-order valence-electron chi connectivity index (χ4n) is 3.77. The average Bonchev–Trinajstić information content (AvgIpc) is 3.03. The Morgan fingerprint density at radius 3 is 2.52 bits per heavy atom. The zero-order valence-corrected chi connectivity index (χ0v) is 15.7. The van der Waals surface area contributed by atoms with Gasteiger partial charge in [0.1, 0.15) is 5.75 Å². The van der Waals surface area contributed by atoms with E-state index in [4.69, 9.17) is 4.74 Å². The molecule has 0 saturated carbocycles. The number of aliphatic hydroxyl groups is 1. The molecule has 0 spiro atoms. The number of likely N-dealkylation sites (tertiary alicyclic amines) is 1. The quantitative estimate of drug-likeness (QED) is 0.882. The van der Waals surface area contributed by atoms with Crippen molar-refractivity contribution >= 4 is 0 Å². The summed E-state index contributed by atoms with van der Waals surface area (Å²) < 4.78 is 45.9. The van der Waals surface area contributed by atoms with Crippen LogP contribution in [0, 0.1) is 0 Å². The molecule has 2 heterocycles. The average molecular weight is 384 g/mol. The smallest absolute Gasteiger partial charge is 0.419 e. The number of ether oxygens (including phenoxy) is 1. The Morgan fingerprint density at radius 2 is 1.96 bits per heavy atom. The van der Waals surface area contributed by atoms with E-state index in [1.807, 2.05) is 14.0 Å². The fraction of sp³-hybridized carbons (Fsp3) is 0.556. The van der Waals surface area contributed by atoms with Crippen molar-refractivity contribution in [3.8, 4) is 5.75 Å². The van der Waals surface area contributed by atoms with Gasteiger partial charge in [-0.2, -0.15) is 13.2 Å². The molecule has 1 aliphatic rings. The van der Waals surface area contributed by atoms with Crippen LogP contribution in [0.25, 0.3) is 0 Å². The third kappa shape index (κ3) is 3.66. The van der Waals surface area contributed by atoms with E-state index in [0.29, 0.717) is 24.1 Å². The summed E-state index contributed by atoms with van der Waals surface area (Å²) in [6, 6.07) is 3.36. The van der Waals surface area contributed by atoms with Crippen molar-refractivity contribution in [2.45, 2.75) is 43.6 Å². The summed E-state index contributed by atoms with van der Waals surface area (Å²) in [7, 11) is 4.89. The normalized spacial score (nSPS) is 27.0. The van der Waals surface area contributed by atoms with Crippen LogP contribution in [-0.2, 0) is 18.8 Å². The number of methoxy groups -OCH3 is 1. The van der Waals surface area contributed by atoms with Crippen LogP contribution in [-0.4, -0.2) is 45.2 Å². The van der Waals surface area contributed by atoms with Gasteiger partial charge in [0.05, 0.1) is 30.0 Å². The van der Waals surface area contributed by atoms with Gasteiger partial charge in [0.2, 0.25) is 0 Å². The number of halogens is 3. The topological polar surface area (TPSA) is 63.4 Å². The lowest BCUT2D eigenvalue weighted by molar-refractivity contribution is -0.138. The van der Waals surface area contributed by atoms with Gasteiger partial charge in [-0.3, -0.25) is 9.58 Å². The molecule has 0 aliphatic carbocycles. The highest BCUT2D eigenvalue weighted by atomic mass is 19.4. The molecule has 0 amide bonds. The summed E-state index contributed by atoms with van der Waals surface area (Å²) in [6.07, 6.45) is -2.06. The summed E-state index contributed by atoms with van der Waals surface area (Å²) in [5.41, 5.74) is -1.04. The molecule has 0 radical (unpaired) electrons. The Kier molecular flexibility index (Phi) is 4.94. The summed E-state index contributed by atoms with van der Waals surface area (Å²) in [5, 5.41) is 19.5. The first-order chi connectivity index (χ1) is 12.5. The van der Waals surface area contributed by atoms with Gasteiger partial charge < -0.3 is 9.84 Å². The Morgan fingerprint density at radius 1 is 1.26 bits per heavy atom. The van der Waals surface area contributed by atoms with Crippen molar-refractivity contribution in [3.05, 3.63) is 41.2 Å². The predicted molar refractivity (Wildman–Crippen MR) is 92.1 cm³/mol. The van der Waals surface area contributed by atoms with Crippen LogP contribution in [0.5, 0.6) is 5.75 Å². The lowest BCUT2D eigenvalue weighted by Gasteiger charge is -2.46. The Hall–Kier alpha value is -2.13. The summed E-state index contributed by atoms with van der Waals surface area (Å²) in [5.74, 6) is -0.295. The molecule has 9 heteroatoms. The molecule has 3 rings (SSSR count). The molecule has 27 heavy (non-hydrogen) atoms. The second-order valence-electron chi connectivity index (χ2n) is 7.20. The maximum Gasteiger partial charge on any atom is 0.419 e. The minimum Gasteiger partial charge on any atom is -0.496 e. The van der Waals surface area contributed by atoms with Crippen LogP contribution in [0.3, 0.4) is 0 Å². The first-order valence-corrected chi connectivity index (χ1v) is 8.61. The van der Waals surface area contributed by atoms with Crippen LogP contribution in [0.1, 0.15) is 42.6 Å². The number of rotatable bonds is 3.